The Hall–Kier alpha value is -2.70. The van der Waals surface area contributed by atoms with Crippen LogP contribution in [0.3, 0.4) is 0 Å². The molecule has 1 N–H and O–H groups in total. The number of carbonyl (C=O) groups is 3. The van der Waals surface area contributed by atoms with E-state index in [0.717, 1.165) is 11.9 Å². The minimum Gasteiger partial charge on any atom is -0.465 e. The van der Waals surface area contributed by atoms with Crippen LogP contribution in [0, 0.1) is 11.8 Å². The molecule has 41 heavy (non-hydrogen) atoms. The van der Waals surface area contributed by atoms with E-state index in [1.54, 1.807) is 38.4 Å². The molecule has 12 heteroatoms. The number of para-hydroxylation sites is 1. The highest BCUT2D eigenvalue weighted by Gasteiger charge is 2.76. The lowest BCUT2D eigenvalue weighted by Crippen LogP contribution is -2.58. The number of halogens is 1. The van der Waals surface area contributed by atoms with Gasteiger partial charge in [-0.2, -0.15) is 0 Å². The first-order chi connectivity index (χ1) is 19.8. The first-order valence-corrected chi connectivity index (χ1v) is 15.8. The molecule has 0 radical (unpaired) electrons. The van der Waals surface area contributed by atoms with Crippen LogP contribution in [-0.4, -0.2) is 94.4 Å². The maximum absolute atomic E-state index is 14.6. The number of nitrogens with zero attached hydrogens (tertiary/aromatic N) is 5. The molecule has 1 spiro atoms. The third-order valence-corrected chi connectivity index (χ3v) is 11.7. The number of benzene rings is 1. The molecular weight excluding hydrogens is 610 g/mol. The molecule has 3 unspecified atom stereocenters. The summed E-state index contributed by atoms with van der Waals surface area (Å²) in [6.07, 6.45) is 5.81. The Morgan fingerprint density at radius 1 is 1.34 bits per heavy atom. The van der Waals surface area contributed by atoms with Crippen molar-refractivity contribution in [2.24, 2.45) is 11.8 Å². The number of likely N-dealkylation sites (tertiary alicyclic amines) is 1. The van der Waals surface area contributed by atoms with E-state index in [2.05, 4.69) is 39.4 Å². The summed E-state index contributed by atoms with van der Waals surface area (Å²) in [5.41, 5.74) is 1.49. The molecule has 2 amide bonds. The average Bonchev–Trinajstić information content (AvgIpc) is 3.69. The lowest BCUT2D eigenvalue weighted by Gasteiger charge is -2.39. The Bertz CT molecular complexity index is 1330. The maximum atomic E-state index is 14.6. The van der Waals surface area contributed by atoms with Crippen molar-refractivity contribution in [3.05, 3.63) is 49.6 Å². The normalized spacial score (nSPS) is 29.0. The van der Waals surface area contributed by atoms with Gasteiger partial charge < -0.3 is 19.6 Å². The molecule has 4 heterocycles. The van der Waals surface area contributed by atoms with Gasteiger partial charge >= 0.3 is 5.97 Å². The van der Waals surface area contributed by atoms with Crippen molar-refractivity contribution in [3.8, 4) is 0 Å². The highest BCUT2D eigenvalue weighted by molar-refractivity contribution is 9.09. The zero-order chi connectivity index (χ0) is 29.3. The first kappa shape index (κ1) is 29.8. The Kier molecular flexibility index (Phi) is 8.91. The van der Waals surface area contributed by atoms with E-state index in [1.807, 2.05) is 31.2 Å². The Morgan fingerprint density at radius 3 is 2.83 bits per heavy atom. The summed E-state index contributed by atoms with van der Waals surface area (Å²) in [6.45, 7) is 9.76. The molecule has 3 saturated heterocycles. The highest BCUT2D eigenvalue weighted by atomic mass is 79.9. The molecule has 1 aromatic heterocycles. The van der Waals surface area contributed by atoms with Gasteiger partial charge in [0.05, 0.1) is 41.4 Å². The number of unbranched alkanes of at least 4 members (excludes halogenated alkanes) is 1. The number of esters is 1. The Balaban J connectivity index is 1.51. The molecule has 0 saturated carbocycles. The lowest BCUT2D eigenvalue weighted by atomic mass is 9.71. The number of aromatic nitrogens is 3. The van der Waals surface area contributed by atoms with Gasteiger partial charge in [-0.3, -0.25) is 14.4 Å². The van der Waals surface area contributed by atoms with Gasteiger partial charge in [0.1, 0.15) is 18.2 Å². The summed E-state index contributed by atoms with van der Waals surface area (Å²) in [4.78, 5) is 45.5. The number of alkyl halides is 1. The SMILES string of the molecule is C=CCCCOC(=O)[C@H]1[C@H]2C(=O)N([C@@H](CC)CO)C(C(=O)N(CC=C)Cn3nnc4ccccc43)C23CC(Br)[C@@H]1S3. The fourth-order valence-electron chi connectivity index (χ4n) is 6.65. The molecule has 3 aliphatic rings. The van der Waals surface area contributed by atoms with E-state index in [1.165, 1.54) is 0 Å². The van der Waals surface area contributed by atoms with E-state index >= 15 is 0 Å². The zero-order valence-electron chi connectivity index (χ0n) is 23.1. The number of amides is 2. The van der Waals surface area contributed by atoms with Gasteiger partial charge in [-0.1, -0.05) is 52.4 Å². The molecule has 10 nitrogen and oxygen atoms in total. The number of carbonyl (C=O) groups excluding carboxylic acids is 3. The third-order valence-electron chi connectivity index (χ3n) is 8.49. The third kappa shape index (κ3) is 5.01. The molecule has 5 rings (SSSR count). The Morgan fingerprint density at radius 2 is 2.12 bits per heavy atom. The summed E-state index contributed by atoms with van der Waals surface area (Å²) in [5, 5.41) is 18.6. The van der Waals surface area contributed by atoms with Crippen molar-refractivity contribution in [2.75, 3.05) is 19.8 Å². The van der Waals surface area contributed by atoms with E-state index in [9.17, 15) is 19.5 Å². The standard InChI is InChI=1S/C29H36BrN5O5S/c1-4-7-10-14-40-28(39)22-23-26(37)35(18(6-3)16-36)25(29(23)15-19(30)24(22)41-29)27(38)33(13-5-2)17-34-21-12-9-8-11-20(21)31-32-34/h4-5,8-9,11-12,18-19,22-25,36H,1-2,6-7,10,13-17H2,3H3/t18-,19?,22-,23-,24-,25?,29?/m0/s1. The summed E-state index contributed by atoms with van der Waals surface area (Å²) in [5.74, 6) is -2.34. The van der Waals surface area contributed by atoms with E-state index in [0.29, 0.717) is 24.8 Å². The number of hydrogen-bond acceptors (Lipinski definition) is 8. The van der Waals surface area contributed by atoms with E-state index < -0.39 is 34.6 Å². The minimum absolute atomic E-state index is 0.0705. The van der Waals surface area contributed by atoms with Gasteiger partial charge in [0, 0.05) is 16.6 Å². The number of aliphatic hydroxyl groups is 1. The summed E-state index contributed by atoms with van der Waals surface area (Å²) < 4.78 is 6.47. The smallest absolute Gasteiger partial charge is 0.310 e. The second-order valence-corrected chi connectivity index (χ2v) is 13.5. The number of hydrogen-bond donors (Lipinski definition) is 1. The maximum Gasteiger partial charge on any atom is 0.310 e. The lowest BCUT2D eigenvalue weighted by molar-refractivity contribution is -0.154. The van der Waals surface area contributed by atoms with Gasteiger partial charge in [0.15, 0.2) is 0 Å². The van der Waals surface area contributed by atoms with Crippen molar-refractivity contribution in [3.63, 3.8) is 0 Å². The predicted octanol–water partition coefficient (Wildman–Crippen LogP) is 3.15. The molecule has 3 fully saturated rings. The molecule has 2 bridgehead atoms. The topological polar surface area (TPSA) is 118 Å². The first-order valence-electron chi connectivity index (χ1n) is 14.0. The second kappa shape index (κ2) is 12.3. The molecule has 2 aromatic rings. The number of aliphatic hydroxyl groups excluding tert-OH is 1. The molecule has 0 aliphatic carbocycles. The molecule has 3 aliphatic heterocycles. The Labute approximate surface area is 252 Å². The van der Waals surface area contributed by atoms with Crippen LogP contribution in [0.15, 0.2) is 49.6 Å². The second-order valence-electron chi connectivity index (χ2n) is 10.8. The van der Waals surface area contributed by atoms with E-state index in [-0.39, 0.29) is 48.3 Å². The summed E-state index contributed by atoms with van der Waals surface area (Å²) >= 11 is 5.33. The van der Waals surface area contributed by atoms with Crippen LogP contribution < -0.4 is 0 Å². The quantitative estimate of drug-likeness (QED) is 0.153. The minimum atomic E-state index is -0.875. The van der Waals surface area contributed by atoms with Crippen molar-refractivity contribution in [1.82, 2.24) is 24.8 Å². The predicted molar refractivity (Wildman–Crippen MR) is 160 cm³/mol. The number of rotatable bonds is 13. The molecule has 7 atom stereocenters. The largest absolute Gasteiger partial charge is 0.465 e. The average molecular weight is 647 g/mol. The van der Waals surface area contributed by atoms with Crippen LogP contribution in [0.4, 0.5) is 0 Å². The fourth-order valence-corrected chi connectivity index (χ4v) is 10.2. The van der Waals surface area contributed by atoms with E-state index in [4.69, 9.17) is 4.74 Å². The zero-order valence-corrected chi connectivity index (χ0v) is 25.5. The van der Waals surface area contributed by atoms with Gasteiger partial charge in [-0.25, -0.2) is 4.68 Å². The van der Waals surface area contributed by atoms with Crippen molar-refractivity contribution >= 4 is 56.5 Å². The van der Waals surface area contributed by atoms with Crippen LogP contribution in [0.1, 0.15) is 32.6 Å². The highest BCUT2D eigenvalue weighted by Crippen LogP contribution is 2.68. The van der Waals surface area contributed by atoms with Gasteiger partial charge in [-0.15, -0.1) is 30.0 Å². The number of thioether (sulfide) groups is 1. The van der Waals surface area contributed by atoms with Gasteiger partial charge in [0.25, 0.3) is 0 Å². The van der Waals surface area contributed by atoms with Crippen LogP contribution >= 0.6 is 27.7 Å². The van der Waals surface area contributed by atoms with Crippen LogP contribution in [0.5, 0.6) is 0 Å². The molecular formula is C29H36BrN5O5S. The monoisotopic (exact) mass is 645 g/mol. The van der Waals surface area contributed by atoms with Gasteiger partial charge in [0.2, 0.25) is 11.8 Å². The fraction of sp³-hybridized carbons (Fsp3) is 0.552. The summed E-state index contributed by atoms with van der Waals surface area (Å²) in [7, 11) is 0. The summed E-state index contributed by atoms with van der Waals surface area (Å²) in [6, 6.07) is 6.07. The van der Waals surface area contributed by atoms with Gasteiger partial charge in [-0.05, 0) is 37.8 Å². The molecule has 1 aromatic carbocycles. The molecule has 220 valence electrons. The van der Waals surface area contributed by atoms with Crippen LogP contribution in [0.25, 0.3) is 11.0 Å². The van der Waals surface area contributed by atoms with Crippen molar-refractivity contribution in [2.45, 2.75) is 66.2 Å². The van der Waals surface area contributed by atoms with Crippen molar-refractivity contribution < 1.29 is 24.2 Å². The number of allylic oxidation sites excluding steroid dienone is 1. The number of fused-ring (bicyclic) bond motifs is 2. The van der Waals surface area contributed by atoms with Crippen LogP contribution in [-0.2, 0) is 25.8 Å². The van der Waals surface area contributed by atoms with Crippen molar-refractivity contribution in [1.29, 1.82) is 0 Å². The number of ether oxygens (including phenoxy) is 1. The van der Waals surface area contributed by atoms with Crippen LogP contribution in [0.2, 0.25) is 0 Å².